The Labute approximate surface area is 214 Å². The van der Waals surface area contributed by atoms with Crippen molar-refractivity contribution in [1.29, 1.82) is 0 Å². The van der Waals surface area contributed by atoms with Gasteiger partial charge < -0.3 is 24.8 Å². The van der Waals surface area contributed by atoms with E-state index in [-0.39, 0.29) is 35.6 Å². The second-order valence-electron chi connectivity index (χ2n) is 11.4. The summed E-state index contributed by atoms with van der Waals surface area (Å²) in [5.41, 5.74) is 9.59. The molecule has 0 heterocycles. The topological polar surface area (TPSA) is 0 Å². The molecule has 3 heteroatoms. The molecule has 2 aromatic carbocycles. The number of halogens is 2. The third-order valence-corrected chi connectivity index (χ3v) is 15.7. The van der Waals surface area contributed by atoms with Crippen molar-refractivity contribution in [3.8, 4) is 11.1 Å². The van der Waals surface area contributed by atoms with Gasteiger partial charge in [0.25, 0.3) is 0 Å². The molecule has 168 valence electrons. The van der Waals surface area contributed by atoms with E-state index < -0.39 is 21.3 Å². The van der Waals surface area contributed by atoms with Gasteiger partial charge in [-0.15, -0.1) is 0 Å². The fourth-order valence-corrected chi connectivity index (χ4v) is 14.0. The van der Waals surface area contributed by atoms with Crippen LogP contribution in [0.3, 0.4) is 0 Å². The van der Waals surface area contributed by atoms with E-state index in [1.807, 2.05) is 6.49 Å². The molecule has 1 saturated carbocycles. The van der Waals surface area contributed by atoms with Crippen molar-refractivity contribution < 1.29 is 46.1 Å². The van der Waals surface area contributed by atoms with E-state index in [1.54, 1.807) is 11.1 Å². The van der Waals surface area contributed by atoms with Gasteiger partial charge in [0.15, 0.2) is 0 Å². The number of rotatable bonds is 2. The van der Waals surface area contributed by atoms with Gasteiger partial charge in [-0.05, 0) is 0 Å². The molecule has 1 fully saturated rings. The molecule has 0 bridgehead atoms. The first-order valence-corrected chi connectivity index (χ1v) is 15.4. The number of fused-ring (bicyclic) bond motifs is 3. The van der Waals surface area contributed by atoms with Crippen molar-refractivity contribution in [2.75, 3.05) is 0 Å². The van der Waals surface area contributed by atoms with Crippen LogP contribution >= 0.6 is 0 Å². The molecule has 2 aromatic rings. The number of hydrogen-bond acceptors (Lipinski definition) is 0. The normalized spacial score (nSPS) is 16.4. The van der Waals surface area contributed by atoms with Crippen LogP contribution in [0.4, 0.5) is 0 Å². The van der Waals surface area contributed by atoms with E-state index in [0.29, 0.717) is 3.63 Å². The van der Waals surface area contributed by atoms with E-state index in [0.717, 1.165) is 0 Å². The molecule has 0 amide bonds. The Morgan fingerprint density at radius 1 is 0.750 bits per heavy atom. The van der Waals surface area contributed by atoms with Gasteiger partial charge in [-0.2, -0.15) is 0 Å². The fourth-order valence-electron chi connectivity index (χ4n) is 5.09. The largest absolute Gasteiger partial charge is 1.00 e. The Hall–Kier alpha value is -0.747. The summed E-state index contributed by atoms with van der Waals surface area (Å²) in [6.45, 7) is 14.0. The van der Waals surface area contributed by atoms with E-state index in [2.05, 4.69) is 96.2 Å². The Balaban J connectivity index is 0.00000144. The van der Waals surface area contributed by atoms with Crippen LogP contribution in [0.2, 0.25) is 0 Å². The zero-order chi connectivity index (χ0) is 21.3. The van der Waals surface area contributed by atoms with Crippen LogP contribution in [0, 0.1) is 0 Å². The van der Waals surface area contributed by atoms with Gasteiger partial charge in [-0.25, -0.2) is 0 Å². The molecule has 3 aliphatic carbocycles. The summed E-state index contributed by atoms with van der Waals surface area (Å²) >= 11 is -1.90. The second kappa shape index (κ2) is 9.13. The maximum atomic E-state index is 2.53. The molecule has 0 unspecified atom stereocenters. The molecule has 0 radical (unpaired) electrons. The molecule has 0 N–H and O–H groups in total. The number of benzene rings is 2. The molecular formula is C29H34Cl2Zr. The quantitative estimate of drug-likeness (QED) is 0.541. The first-order chi connectivity index (χ1) is 14.1. The molecule has 3 aliphatic rings. The van der Waals surface area contributed by atoms with Crippen LogP contribution in [0.25, 0.3) is 11.1 Å². The first-order valence-electron chi connectivity index (χ1n) is 11.5. The zero-order valence-corrected chi connectivity index (χ0v) is 24.1. The first kappa shape index (κ1) is 25.9. The van der Waals surface area contributed by atoms with Gasteiger partial charge in [0.1, 0.15) is 0 Å². The Kier molecular flexibility index (Phi) is 7.38. The average Bonchev–Trinajstić information content (AvgIpc) is 3.26. The Morgan fingerprint density at radius 2 is 1.25 bits per heavy atom. The Morgan fingerprint density at radius 3 is 1.62 bits per heavy atom. The SMILES string of the molecule is CC(C)(C)c1ccc2c(c1)-c1cc(C(C)(C)C)ccc1[CH]2[Zr+2]([C]1=CC=CC1)=[C]1CC1.[Cl-].[Cl-]. The predicted molar refractivity (Wildman–Crippen MR) is 127 cm³/mol. The Bertz CT molecular complexity index is 1070. The molecule has 0 aliphatic heterocycles. The van der Waals surface area contributed by atoms with Crippen LogP contribution in [0.1, 0.15) is 86.7 Å². The molecule has 0 saturated heterocycles. The van der Waals surface area contributed by atoms with Gasteiger partial charge >= 0.3 is 191 Å². The van der Waals surface area contributed by atoms with Crippen molar-refractivity contribution in [1.82, 2.24) is 0 Å². The molecule has 0 atom stereocenters. The van der Waals surface area contributed by atoms with E-state index >= 15 is 0 Å². The van der Waals surface area contributed by atoms with Crippen LogP contribution in [-0.4, -0.2) is 3.21 Å². The van der Waals surface area contributed by atoms with Crippen molar-refractivity contribution in [3.63, 3.8) is 0 Å². The van der Waals surface area contributed by atoms with Crippen LogP contribution < -0.4 is 24.8 Å². The molecule has 0 spiro atoms. The summed E-state index contributed by atoms with van der Waals surface area (Å²) in [5.74, 6) is 0. The summed E-state index contributed by atoms with van der Waals surface area (Å²) < 4.78 is 4.44. The summed E-state index contributed by atoms with van der Waals surface area (Å²) in [6, 6.07) is 14.9. The van der Waals surface area contributed by atoms with Gasteiger partial charge in [-0.3, -0.25) is 0 Å². The maximum absolute atomic E-state index is 2.53. The van der Waals surface area contributed by atoms with E-state index in [4.69, 9.17) is 0 Å². The van der Waals surface area contributed by atoms with Gasteiger partial charge in [0.05, 0.1) is 0 Å². The van der Waals surface area contributed by atoms with Crippen LogP contribution in [0.15, 0.2) is 57.9 Å². The zero-order valence-electron chi connectivity index (χ0n) is 20.2. The third-order valence-electron chi connectivity index (χ3n) is 7.04. The van der Waals surface area contributed by atoms with Crippen molar-refractivity contribution in [2.24, 2.45) is 0 Å². The molecule has 32 heavy (non-hydrogen) atoms. The number of allylic oxidation sites excluding steroid dienone is 4. The van der Waals surface area contributed by atoms with Crippen molar-refractivity contribution in [3.05, 3.63) is 80.2 Å². The van der Waals surface area contributed by atoms with Crippen molar-refractivity contribution in [2.45, 2.75) is 75.3 Å². The molecule has 0 aromatic heterocycles. The third kappa shape index (κ3) is 4.60. The summed E-state index contributed by atoms with van der Waals surface area (Å²) in [7, 11) is 0. The van der Waals surface area contributed by atoms with Crippen LogP contribution in [0.5, 0.6) is 0 Å². The van der Waals surface area contributed by atoms with Gasteiger partial charge in [0.2, 0.25) is 0 Å². The summed E-state index contributed by atoms with van der Waals surface area (Å²) in [5, 5.41) is 0. The van der Waals surface area contributed by atoms with Crippen molar-refractivity contribution >= 4 is 3.21 Å². The smallest absolute Gasteiger partial charge is 1.00 e. The predicted octanol–water partition coefficient (Wildman–Crippen LogP) is 1.79. The summed E-state index contributed by atoms with van der Waals surface area (Å²) in [4.78, 5) is 0. The van der Waals surface area contributed by atoms with E-state index in [1.165, 1.54) is 41.5 Å². The summed E-state index contributed by atoms with van der Waals surface area (Å²) in [6.07, 6.45) is 11.2. The van der Waals surface area contributed by atoms with E-state index in [9.17, 15) is 0 Å². The molecule has 0 nitrogen and oxygen atoms in total. The maximum Gasteiger partial charge on any atom is -1.00 e. The monoisotopic (exact) mass is 542 g/mol. The second-order valence-corrected chi connectivity index (χ2v) is 18.1. The minimum Gasteiger partial charge on any atom is -1.00 e. The van der Waals surface area contributed by atoms with Gasteiger partial charge in [-0.1, -0.05) is 0 Å². The fraction of sp³-hybridized carbons (Fsp3) is 0.414. The van der Waals surface area contributed by atoms with Gasteiger partial charge in [0, 0.05) is 0 Å². The minimum atomic E-state index is -1.90. The van der Waals surface area contributed by atoms with Crippen LogP contribution in [-0.2, 0) is 32.1 Å². The molecular weight excluding hydrogens is 510 g/mol. The minimum absolute atomic E-state index is 0. The standard InChI is InChI=1S/C21H25.C5H5.C3H4.2ClH.Zr/c1-20(2,3)16-9-7-14-11-15-8-10-17(21(4,5)6)13-19(15)18(14)12-16;1-2-4-5-3-1;1-2-3-1;;;/h7-13H,1-6H3;1-3H,4H2;1-2H2;2*1H;/q;;;;;+2/p-2. The average molecular weight is 545 g/mol. The molecule has 5 rings (SSSR count). The number of hydrogen-bond donors (Lipinski definition) is 0.